The van der Waals surface area contributed by atoms with Crippen LogP contribution in [0.25, 0.3) is 11.3 Å². The zero-order valence-corrected chi connectivity index (χ0v) is 8.07. The first-order chi connectivity index (χ1) is 7.68. The van der Waals surface area contributed by atoms with Crippen LogP contribution in [0.2, 0.25) is 0 Å². The number of nitro groups is 1. The predicted octanol–water partition coefficient (Wildman–Crippen LogP) is 1.76. The van der Waals surface area contributed by atoms with E-state index in [-0.39, 0.29) is 11.4 Å². The second-order valence-electron chi connectivity index (χ2n) is 3.05. The van der Waals surface area contributed by atoms with E-state index in [1.54, 1.807) is 6.07 Å². The molecular formula is C10H7N3O3. The summed E-state index contributed by atoms with van der Waals surface area (Å²) in [7, 11) is 0. The molecule has 0 saturated heterocycles. The molecule has 0 aliphatic rings. The summed E-state index contributed by atoms with van der Waals surface area (Å²) in [4.78, 5) is 17.7. The van der Waals surface area contributed by atoms with Gasteiger partial charge >= 0.3 is 0 Å². The minimum absolute atomic E-state index is 0.0516. The zero-order valence-electron chi connectivity index (χ0n) is 8.07. The molecule has 2 rings (SSSR count). The van der Waals surface area contributed by atoms with Crippen molar-refractivity contribution in [2.75, 3.05) is 0 Å². The summed E-state index contributed by atoms with van der Waals surface area (Å²) in [5.41, 5.74) is 0.666. The standard InChI is InChI=1S/C10H7N3O3/c14-10-2-1-7(13(15)16)5-8(10)9-3-4-11-6-12-9/h1-6,14H. The van der Waals surface area contributed by atoms with Crippen molar-refractivity contribution in [3.8, 4) is 17.0 Å². The van der Waals surface area contributed by atoms with Crippen LogP contribution < -0.4 is 0 Å². The van der Waals surface area contributed by atoms with E-state index in [0.29, 0.717) is 11.3 Å². The molecule has 0 atom stereocenters. The Kier molecular flexibility index (Phi) is 2.47. The Hall–Kier alpha value is -2.50. The number of phenols is 1. The van der Waals surface area contributed by atoms with Gasteiger partial charge in [0.15, 0.2) is 0 Å². The van der Waals surface area contributed by atoms with Gasteiger partial charge in [0.25, 0.3) is 5.69 Å². The largest absolute Gasteiger partial charge is 0.507 e. The third kappa shape index (κ3) is 1.81. The van der Waals surface area contributed by atoms with Crippen molar-refractivity contribution in [3.05, 3.63) is 46.9 Å². The number of nitro benzene ring substituents is 1. The predicted molar refractivity (Wildman–Crippen MR) is 55.8 cm³/mol. The van der Waals surface area contributed by atoms with E-state index in [2.05, 4.69) is 9.97 Å². The summed E-state index contributed by atoms with van der Waals surface area (Å²) in [6.45, 7) is 0. The highest BCUT2D eigenvalue weighted by molar-refractivity contribution is 5.69. The van der Waals surface area contributed by atoms with Crippen LogP contribution in [0.5, 0.6) is 5.75 Å². The maximum atomic E-state index is 10.6. The van der Waals surface area contributed by atoms with E-state index in [9.17, 15) is 15.2 Å². The highest BCUT2D eigenvalue weighted by Gasteiger charge is 2.12. The molecule has 0 unspecified atom stereocenters. The fraction of sp³-hybridized carbons (Fsp3) is 0. The van der Waals surface area contributed by atoms with E-state index < -0.39 is 4.92 Å². The first-order valence-corrected chi connectivity index (χ1v) is 4.42. The van der Waals surface area contributed by atoms with E-state index in [4.69, 9.17) is 0 Å². The maximum absolute atomic E-state index is 10.6. The van der Waals surface area contributed by atoms with Gasteiger partial charge < -0.3 is 5.11 Å². The van der Waals surface area contributed by atoms with Crippen LogP contribution in [0.4, 0.5) is 5.69 Å². The number of phenolic OH excluding ortho intramolecular Hbond substituents is 1. The molecule has 6 nitrogen and oxygen atoms in total. The molecule has 0 fully saturated rings. The van der Waals surface area contributed by atoms with E-state index >= 15 is 0 Å². The van der Waals surface area contributed by atoms with Crippen molar-refractivity contribution in [1.29, 1.82) is 0 Å². The van der Waals surface area contributed by atoms with Gasteiger partial charge in [-0.15, -0.1) is 0 Å². The molecule has 1 N–H and O–H groups in total. The molecule has 0 saturated carbocycles. The Balaban J connectivity index is 2.56. The van der Waals surface area contributed by atoms with Crippen molar-refractivity contribution in [2.45, 2.75) is 0 Å². The van der Waals surface area contributed by atoms with Crippen LogP contribution in [0.15, 0.2) is 36.8 Å². The second-order valence-corrected chi connectivity index (χ2v) is 3.05. The van der Waals surface area contributed by atoms with Crippen molar-refractivity contribution in [3.63, 3.8) is 0 Å². The summed E-state index contributed by atoms with van der Waals surface area (Å²) in [6, 6.07) is 5.35. The Morgan fingerprint density at radius 2 is 2.12 bits per heavy atom. The summed E-state index contributed by atoms with van der Waals surface area (Å²) in [6.07, 6.45) is 2.81. The van der Waals surface area contributed by atoms with Gasteiger partial charge in [0.2, 0.25) is 0 Å². The zero-order chi connectivity index (χ0) is 11.5. The number of rotatable bonds is 2. The van der Waals surface area contributed by atoms with Gasteiger partial charge in [0.1, 0.15) is 12.1 Å². The van der Waals surface area contributed by atoms with Crippen LogP contribution in [0.3, 0.4) is 0 Å². The third-order valence-corrected chi connectivity index (χ3v) is 2.05. The van der Waals surface area contributed by atoms with Crippen LogP contribution in [0.1, 0.15) is 0 Å². The summed E-state index contributed by atoms with van der Waals surface area (Å²) < 4.78 is 0. The summed E-state index contributed by atoms with van der Waals surface area (Å²) >= 11 is 0. The number of benzene rings is 1. The van der Waals surface area contributed by atoms with Gasteiger partial charge in [0, 0.05) is 23.9 Å². The van der Waals surface area contributed by atoms with Crippen LogP contribution in [-0.4, -0.2) is 20.0 Å². The molecule has 0 aliphatic heterocycles. The van der Waals surface area contributed by atoms with E-state index in [0.717, 1.165) is 0 Å². The highest BCUT2D eigenvalue weighted by atomic mass is 16.6. The molecule has 1 aromatic carbocycles. The van der Waals surface area contributed by atoms with E-state index in [1.807, 2.05) is 0 Å². The number of aromatic hydroxyl groups is 1. The Morgan fingerprint density at radius 1 is 1.31 bits per heavy atom. The number of hydrogen-bond acceptors (Lipinski definition) is 5. The normalized spacial score (nSPS) is 10.0. The lowest BCUT2D eigenvalue weighted by atomic mass is 10.1. The lowest BCUT2D eigenvalue weighted by molar-refractivity contribution is -0.384. The molecule has 0 aliphatic carbocycles. The Labute approximate surface area is 90.4 Å². The average molecular weight is 217 g/mol. The SMILES string of the molecule is O=[N+]([O-])c1ccc(O)c(-c2ccncn2)c1. The van der Waals surface area contributed by atoms with Gasteiger partial charge in [-0.3, -0.25) is 10.1 Å². The molecule has 6 heteroatoms. The van der Waals surface area contributed by atoms with Crippen LogP contribution in [-0.2, 0) is 0 Å². The van der Waals surface area contributed by atoms with Crippen LogP contribution in [0, 0.1) is 10.1 Å². The molecular weight excluding hydrogens is 210 g/mol. The molecule has 1 heterocycles. The molecule has 2 aromatic rings. The van der Waals surface area contributed by atoms with Crippen molar-refractivity contribution >= 4 is 5.69 Å². The van der Waals surface area contributed by atoms with Gasteiger partial charge in [-0.25, -0.2) is 9.97 Å². The lowest BCUT2D eigenvalue weighted by Crippen LogP contribution is -1.90. The molecule has 16 heavy (non-hydrogen) atoms. The number of non-ortho nitro benzene ring substituents is 1. The van der Waals surface area contributed by atoms with Gasteiger partial charge in [-0.2, -0.15) is 0 Å². The lowest BCUT2D eigenvalue weighted by Gasteiger charge is -2.02. The van der Waals surface area contributed by atoms with E-state index in [1.165, 1.54) is 30.7 Å². The van der Waals surface area contributed by atoms with Gasteiger partial charge in [-0.05, 0) is 12.1 Å². The topological polar surface area (TPSA) is 89.2 Å². The third-order valence-electron chi connectivity index (χ3n) is 2.05. The van der Waals surface area contributed by atoms with Gasteiger partial charge in [0.05, 0.1) is 10.6 Å². The average Bonchev–Trinajstić information content (AvgIpc) is 2.30. The van der Waals surface area contributed by atoms with Crippen molar-refractivity contribution < 1.29 is 10.0 Å². The van der Waals surface area contributed by atoms with Crippen LogP contribution >= 0.6 is 0 Å². The highest BCUT2D eigenvalue weighted by Crippen LogP contribution is 2.30. The molecule has 0 radical (unpaired) electrons. The molecule has 80 valence electrons. The number of aromatic nitrogens is 2. The summed E-state index contributed by atoms with van der Waals surface area (Å²) in [5.74, 6) is -0.0516. The first-order valence-electron chi connectivity index (χ1n) is 4.42. The minimum Gasteiger partial charge on any atom is -0.507 e. The number of hydrogen-bond donors (Lipinski definition) is 1. The fourth-order valence-electron chi connectivity index (χ4n) is 1.29. The molecule has 0 spiro atoms. The monoisotopic (exact) mass is 217 g/mol. The smallest absolute Gasteiger partial charge is 0.270 e. The molecule has 0 amide bonds. The minimum atomic E-state index is -0.524. The van der Waals surface area contributed by atoms with Crippen molar-refractivity contribution in [1.82, 2.24) is 9.97 Å². The first kappa shape index (κ1) is 10.0. The van der Waals surface area contributed by atoms with Crippen molar-refractivity contribution in [2.24, 2.45) is 0 Å². The second kappa shape index (κ2) is 3.93. The Morgan fingerprint density at radius 3 is 2.75 bits per heavy atom. The molecule has 1 aromatic heterocycles. The molecule has 0 bridgehead atoms. The van der Waals surface area contributed by atoms with Gasteiger partial charge in [-0.1, -0.05) is 0 Å². The Bertz CT molecular complexity index is 528. The fourth-order valence-corrected chi connectivity index (χ4v) is 1.29. The number of nitrogens with zero attached hydrogens (tertiary/aromatic N) is 3. The quantitative estimate of drug-likeness (QED) is 0.611. The summed E-state index contributed by atoms with van der Waals surface area (Å²) in [5, 5.41) is 20.2. The maximum Gasteiger partial charge on any atom is 0.270 e.